The number of rotatable bonds is 0. The Morgan fingerprint density at radius 2 is 2.06 bits per heavy atom. The highest BCUT2D eigenvalue weighted by Gasteiger charge is 2.40. The van der Waals surface area contributed by atoms with Gasteiger partial charge in [-0.3, -0.25) is 0 Å². The molecule has 0 unspecified atom stereocenters. The lowest BCUT2D eigenvalue weighted by Gasteiger charge is -2.42. The molecule has 4 heteroatoms. The van der Waals surface area contributed by atoms with E-state index in [-0.39, 0.29) is 5.54 Å². The smallest absolute Gasteiger partial charge is 0.106 e. The van der Waals surface area contributed by atoms with Crippen LogP contribution in [0, 0.1) is 0 Å². The lowest BCUT2D eigenvalue weighted by Crippen LogP contribution is -2.44. The van der Waals surface area contributed by atoms with E-state index in [1.54, 1.807) is 6.07 Å². The molecule has 0 saturated carbocycles. The molecule has 0 N–H and O–H groups in total. The van der Waals surface area contributed by atoms with Gasteiger partial charge in [0.2, 0.25) is 0 Å². The Balaban J connectivity index is 2.28. The number of hydrogen-bond acceptors (Lipinski definition) is 2. The van der Waals surface area contributed by atoms with Crippen molar-refractivity contribution in [2.75, 3.05) is 6.54 Å². The summed E-state index contributed by atoms with van der Waals surface area (Å²) in [7, 11) is 0. The van der Waals surface area contributed by atoms with Gasteiger partial charge in [0.1, 0.15) is 5.84 Å². The average Bonchev–Trinajstić information content (AvgIpc) is 2.64. The first-order valence-corrected chi connectivity index (χ1v) is 6.60. The summed E-state index contributed by atoms with van der Waals surface area (Å²) < 4.78 is 0. The molecule has 1 fully saturated rings. The van der Waals surface area contributed by atoms with E-state index >= 15 is 0 Å². The van der Waals surface area contributed by atoms with Crippen LogP contribution in [0.5, 0.6) is 0 Å². The number of amidine groups is 1. The molecule has 2 aliphatic rings. The van der Waals surface area contributed by atoms with Gasteiger partial charge in [-0.1, -0.05) is 23.2 Å². The minimum absolute atomic E-state index is 0.0927. The van der Waals surface area contributed by atoms with Crippen LogP contribution < -0.4 is 0 Å². The van der Waals surface area contributed by atoms with Crippen LogP contribution in [0.1, 0.15) is 32.3 Å². The SMILES string of the molecule is CC1(C)c2c(Cl)cc(Cl)cc2N=C2CCCN21. The maximum Gasteiger partial charge on any atom is 0.106 e. The van der Waals surface area contributed by atoms with Crippen molar-refractivity contribution in [2.24, 2.45) is 4.99 Å². The van der Waals surface area contributed by atoms with Gasteiger partial charge in [0.15, 0.2) is 0 Å². The lowest BCUT2D eigenvalue weighted by molar-refractivity contribution is 0.230. The van der Waals surface area contributed by atoms with Gasteiger partial charge in [-0.2, -0.15) is 0 Å². The maximum absolute atomic E-state index is 6.34. The second kappa shape index (κ2) is 3.63. The van der Waals surface area contributed by atoms with E-state index in [4.69, 9.17) is 28.2 Å². The monoisotopic (exact) mass is 268 g/mol. The Kier molecular flexibility index (Phi) is 2.43. The fraction of sp³-hybridized carbons (Fsp3) is 0.462. The highest BCUT2D eigenvalue weighted by atomic mass is 35.5. The molecular formula is C13H14Cl2N2. The Morgan fingerprint density at radius 1 is 1.29 bits per heavy atom. The van der Waals surface area contributed by atoms with Crippen molar-refractivity contribution in [1.29, 1.82) is 0 Å². The van der Waals surface area contributed by atoms with Gasteiger partial charge in [-0.15, -0.1) is 0 Å². The summed E-state index contributed by atoms with van der Waals surface area (Å²) in [5, 5.41) is 1.37. The van der Waals surface area contributed by atoms with Crippen molar-refractivity contribution in [3.8, 4) is 0 Å². The average molecular weight is 269 g/mol. The van der Waals surface area contributed by atoms with E-state index < -0.39 is 0 Å². The molecule has 90 valence electrons. The van der Waals surface area contributed by atoms with Crippen molar-refractivity contribution in [3.63, 3.8) is 0 Å². The van der Waals surface area contributed by atoms with Crippen LogP contribution in [0.15, 0.2) is 17.1 Å². The fourth-order valence-electron chi connectivity index (χ4n) is 2.91. The van der Waals surface area contributed by atoms with Crippen molar-refractivity contribution >= 4 is 34.7 Å². The number of halogens is 2. The molecule has 1 saturated heterocycles. The van der Waals surface area contributed by atoms with E-state index in [0.717, 1.165) is 24.2 Å². The van der Waals surface area contributed by atoms with Crippen LogP contribution in [0.2, 0.25) is 10.0 Å². The highest BCUT2D eigenvalue weighted by Crippen LogP contribution is 2.46. The van der Waals surface area contributed by atoms with Crippen molar-refractivity contribution in [2.45, 2.75) is 32.2 Å². The molecule has 2 nitrogen and oxygen atoms in total. The minimum atomic E-state index is -0.0927. The molecule has 0 aromatic heterocycles. The zero-order chi connectivity index (χ0) is 12.2. The third-order valence-corrected chi connectivity index (χ3v) is 4.18. The zero-order valence-electron chi connectivity index (χ0n) is 9.93. The summed E-state index contributed by atoms with van der Waals surface area (Å²) in [4.78, 5) is 7.05. The third kappa shape index (κ3) is 1.58. The molecule has 0 aliphatic carbocycles. The van der Waals surface area contributed by atoms with Crippen molar-refractivity contribution in [3.05, 3.63) is 27.7 Å². The summed E-state index contributed by atoms with van der Waals surface area (Å²) in [6.07, 6.45) is 2.22. The fourth-order valence-corrected chi connectivity index (χ4v) is 3.62. The molecule has 3 rings (SSSR count). The molecule has 0 spiro atoms. The largest absolute Gasteiger partial charge is 0.351 e. The summed E-state index contributed by atoms with van der Waals surface area (Å²) >= 11 is 12.4. The number of hydrogen-bond donors (Lipinski definition) is 0. The van der Waals surface area contributed by atoms with Crippen molar-refractivity contribution in [1.82, 2.24) is 4.90 Å². The van der Waals surface area contributed by atoms with E-state index in [1.165, 1.54) is 12.3 Å². The van der Waals surface area contributed by atoms with Crippen LogP contribution >= 0.6 is 23.2 Å². The summed E-state index contributed by atoms with van der Waals surface area (Å²) in [6, 6.07) is 3.72. The predicted octanol–water partition coefficient (Wildman–Crippen LogP) is 4.37. The van der Waals surface area contributed by atoms with Gasteiger partial charge >= 0.3 is 0 Å². The van der Waals surface area contributed by atoms with E-state index in [2.05, 4.69) is 18.7 Å². The van der Waals surface area contributed by atoms with Gasteiger partial charge in [-0.25, -0.2) is 4.99 Å². The van der Waals surface area contributed by atoms with Gasteiger partial charge in [0.05, 0.1) is 11.2 Å². The van der Waals surface area contributed by atoms with Crippen LogP contribution in [0.3, 0.4) is 0 Å². The number of aliphatic imine (C=N–C) groups is 1. The molecule has 0 radical (unpaired) electrons. The van der Waals surface area contributed by atoms with Gasteiger partial charge < -0.3 is 4.90 Å². The minimum Gasteiger partial charge on any atom is -0.351 e. The molecule has 0 bridgehead atoms. The van der Waals surface area contributed by atoms with Crippen LogP contribution in [-0.4, -0.2) is 17.3 Å². The van der Waals surface area contributed by atoms with Crippen molar-refractivity contribution < 1.29 is 0 Å². The Hall–Kier alpha value is -0.730. The number of nitrogens with zero attached hydrogens (tertiary/aromatic N) is 2. The summed E-state index contributed by atoms with van der Waals surface area (Å²) in [5.41, 5.74) is 1.93. The summed E-state index contributed by atoms with van der Waals surface area (Å²) in [6.45, 7) is 5.46. The van der Waals surface area contributed by atoms with E-state index in [9.17, 15) is 0 Å². The second-order valence-electron chi connectivity index (χ2n) is 5.12. The molecule has 17 heavy (non-hydrogen) atoms. The molecule has 2 aliphatic heterocycles. The molecule has 1 aromatic rings. The highest BCUT2D eigenvalue weighted by molar-refractivity contribution is 6.35. The van der Waals surface area contributed by atoms with Gasteiger partial charge in [0, 0.05) is 28.6 Å². The normalized spacial score (nSPS) is 20.9. The molecule has 1 aromatic carbocycles. The number of fused-ring (bicyclic) bond motifs is 2. The van der Waals surface area contributed by atoms with Gasteiger partial charge in [0.25, 0.3) is 0 Å². The maximum atomic E-state index is 6.34. The number of benzene rings is 1. The Bertz CT molecular complexity index is 520. The topological polar surface area (TPSA) is 15.6 Å². The zero-order valence-corrected chi connectivity index (χ0v) is 11.4. The lowest BCUT2D eigenvalue weighted by atomic mass is 9.89. The second-order valence-corrected chi connectivity index (χ2v) is 5.97. The Morgan fingerprint density at radius 3 is 2.82 bits per heavy atom. The first kappa shape index (κ1) is 11.4. The quantitative estimate of drug-likeness (QED) is 0.683. The van der Waals surface area contributed by atoms with Crippen LogP contribution in [-0.2, 0) is 5.54 Å². The molecular weight excluding hydrogens is 255 g/mol. The van der Waals surface area contributed by atoms with E-state index in [0.29, 0.717) is 10.0 Å². The molecule has 0 amide bonds. The predicted molar refractivity (Wildman–Crippen MR) is 72.5 cm³/mol. The molecule has 0 atom stereocenters. The van der Waals surface area contributed by atoms with Gasteiger partial charge in [-0.05, 0) is 32.4 Å². The molecule has 2 heterocycles. The summed E-state index contributed by atoms with van der Waals surface area (Å²) in [5.74, 6) is 1.17. The first-order valence-electron chi connectivity index (χ1n) is 5.85. The van der Waals surface area contributed by atoms with E-state index in [1.807, 2.05) is 6.07 Å². The standard InChI is InChI=1S/C13H14Cl2N2/c1-13(2)12-9(15)6-8(14)7-10(12)16-11-4-3-5-17(11)13/h6-7H,3-5H2,1-2H3. The Labute approximate surface area is 111 Å². The third-order valence-electron chi connectivity index (χ3n) is 3.66. The van der Waals surface area contributed by atoms with Crippen LogP contribution in [0.4, 0.5) is 5.69 Å². The van der Waals surface area contributed by atoms with Crippen LogP contribution in [0.25, 0.3) is 0 Å². The first-order chi connectivity index (χ1) is 8.00.